The molecule has 0 amide bonds. The Hall–Kier alpha value is -2.54. The number of ether oxygens (including phenoxy) is 2. The Morgan fingerprint density at radius 1 is 1.04 bits per heavy atom. The molecule has 7 heteroatoms. The third-order valence-electron chi connectivity index (χ3n) is 3.49. The number of hydrogen-bond acceptors (Lipinski definition) is 5. The summed E-state index contributed by atoms with van der Waals surface area (Å²) in [6, 6.07) is 9.29. The van der Waals surface area contributed by atoms with Crippen molar-refractivity contribution in [1.29, 1.82) is 0 Å². The van der Waals surface area contributed by atoms with E-state index in [1.54, 1.807) is 31.2 Å². The van der Waals surface area contributed by atoms with Crippen LogP contribution < -0.4 is 14.2 Å². The van der Waals surface area contributed by atoms with Crippen molar-refractivity contribution in [2.75, 3.05) is 18.9 Å². The number of ketones is 1. The smallest absolute Gasteiger partial charge is 0.265 e. The number of hydrogen-bond donors (Lipinski definition) is 1. The van der Waals surface area contributed by atoms with Crippen molar-refractivity contribution in [3.05, 3.63) is 47.5 Å². The summed E-state index contributed by atoms with van der Waals surface area (Å²) in [7, 11) is -1.05. The minimum atomic E-state index is -3.91. The van der Waals surface area contributed by atoms with Gasteiger partial charge in [0.1, 0.15) is 16.4 Å². The maximum absolute atomic E-state index is 12.7. The summed E-state index contributed by atoms with van der Waals surface area (Å²) in [5.41, 5.74) is 1.47. The average Bonchev–Trinajstić information content (AvgIpc) is 2.54. The van der Waals surface area contributed by atoms with Gasteiger partial charge in [0.15, 0.2) is 5.78 Å². The Kier molecular flexibility index (Phi) is 5.14. The number of aryl methyl sites for hydroxylation is 1. The van der Waals surface area contributed by atoms with Crippen LogP contribution in [0.3, 0.4) is 0 Å². The van der Waals surface area contributed by atoms with E-state index in [-0.39, 0.29) is 16.4 Å². The van der Waals surface area contributed by atoms with Gasteiger partial charge < -0.3 is 9.47 Å². The van der Waals surface area contributed by atoms with Crippen LogP contribution in [0.4, 0.5) is 5.69 Å². The highest BCUT2D eigenvalue weighted by molar-refractivity contribution is 7.92. The van der Waals surface area contributed by atoms with Gasteiger partial charge in [-0.2, -0.15) is 0 Å². The number of sulfonamides is 1. The van der Waals surface area contributed by atoms with Crippen LogP contribution in [0.5, 0.6) is 11.5 Å². The summed E-state index contributed by atoms with van der Waals surface area (Å²) in [5, 5.41) is 0. The van der Waals surface area contributed by atoms with Crippen molar-refractivity contribution in [2.45, 2.75) is 18.7 Å². The molecule has 24 heavy (non-hydrogen) atoms. The third kappa shape index (κ3) is 3.68. The molecule has 0 saturated carbocycles. The van der Waals surface area contributed by atoms with Crippen LogP contribution in [0.25, 0.3) is 0 Å². The van der Waals surface area contributed by atoms with Gasteiger partial charge in [-0.15, -0.1) is 0 Å². The fraction of sp³-hybridized carbons (Fsp3) is 0.235. The first kappa shape index (κ1) is 17.8. The summed E-state index contributed by atoms with van der Waals surface area (Å²) in [4.78, 5) is 11.4. The number of nitrogens with one attached hydrogen (secondary N) is 1. The molecule has 0 fully saturated rings. The zero-order valence-electron chi connectivity index (χ0n) is 13.9. The van der Waals surface area contributed by atoms with Gasteiger partial charge in [-0.3, -0.25) is 9.52 Å². The number of methoxy groups -OCH3 is 2. The molecule has 0 unspecified atom stereocenters. The largest absolute Gasteiger partial charge is 0.496 e. The quantitative estimate of drug-likeness (QED) is 0.811. The van der Waals surface area contributed by atoms with Crippen molar-refractivity contribution < 1.29 is 22.7 Å². The summed E-state index contributed by atoms with van der Waals surface area (Å²) in [6.45, 7) is 3.21. The first-order chi connectivity index (χ1) is 11.3. The standard InChI is InChI=1S/C17H19NO5S/c1-11-8-16(23-4)17(10-15(11)22-3)24(20,21)18-14-7-5-6-13(9-14)12(2)19/h5-10,18H,1-4H3. The normalized spacial score (nSPS) is 11.0. The Labute approximate surface area is 141 Å². The molecule has 0 atom stereocenters. The average molecular weight is 349 g/mol. The Morgan fingerprint density at radius 3 is 2.29 bits per heavy atom. The van der Waals surface area contributed by atoms with Crippen molar-refractivity contribution >= 4 is 21.5 Å². The molecule has 0 bridgehead atoms. The maximum Gasteiger partial charge on any atom is 0.265 e. The van der Waals surface area contributed by atoms with E-state index in [2.05, 4.69) is 4.72 Å². The molecule has 128 valence electrons. The number of rotatable bonds is 6. The van der Waals surface area contributed by atoms with Gasteiger partial charge in [0.25, 0.3) is 10.0 Å². The van der Waals surface area contributed by atoms with E-state index in [1.165, 1.54) is 33.3 Å². The van der Waals surface area contributed by atoms with Gasteiger partial charge in [-0.25, -0.2) is 8.42 Å². The number of carbonyl (C=O) groups excluding carboxylic acids is 1. The topological polar surface area (TPSA) is 81.7 Å². The molecule has 0 aliphatic rings. The molecule has 0 spiro atoms. The summed E-state index contributed by atoms with van der Waals surface area (Å²) in [5.74, 6) is 0.503. The zero-order valence-corrected chi connectivity index (χ0v) is 14.7. The van der Waals surface area contributed by atoms with E-state index in [0.717, 1.165) is 5.56 Å². The third-order valence-corrected chi connectivity index (χ3v) is 4.89. The molecule has 0 saturated heterocycles. The van der Waals surface area contributed by atoms with Gasteiger partial charge in [0.05, 0.1) is 14.2 Å². The van der Waals surface area contributed by atoms with Crippen LogP contribution in [0.2, 0.25) is 0 Å². The maximum atomic E-state index is 12.7. The molecule has 1 N–H and O–H groups in total. The van der Waals surface area contributed by atoms with Gasteiger partial charge >= 0.3 is 0 Å². The molecular formula is C17H19NO5S. The highest BCUT2D eigenvalue weighted by Gasteiger charge is 2.22. The Balaban J connectivity index is 2.47. The predicted octanol–water partition coefficient (Wildman–Crippen LogP) is 3.02. The fourth-order valence-corrected chi connectivity index (χ4v) is 3.46. The molecular weight excluding hydrogens is 330 g/mol. The van der Waals surface area contributed by atoms with Crippen LogP contribution in [0.1, 0.15) is 22.8 Å². The zero-order chi connectivity index (χ0) is 17.9. The lowest BCUT2D eigenvalue weighted by Crippen LogP contribution is -2.15. The second-order valence-corrected chi connectivity index (χ2v) is 6.87. The first-order valence-corrected chi connectivity index (χ1v) is 8.63. The van der Waals surface area contributed by atoms with Gasteiger partial charge in [-0.1, -0.05) is 12.1 Å². The molecule has 0 radical (unpaired) electrons. The molecule has 0 aliphatic carbocycles. The monoisotopic (exact) mass is 349 g/mol. The lowest BCUT2D eigenvalue weighted by molar-refractivity contribution is 0.101. The highest BCUT2D eigenvalue weighted by Crippen LogP contribution is 2.32. The van der Waals surface area contributed by atoms with E-state index in [4.69, 9.17) is 9.47 Å². The van der Waals surface area contributed by atoms with Gasteiger partial charge in [0.2, 0.25) is 0 Å². The van der Waals surface area contributed by atoms with E-state index >= 15 is 0 Å². The minimum absolute atomic E-state index is 0.0410. The molecule has 0 aromatic heterocycles. The summed E-state index contributed by atoms with van der Waals surface area (Å²) in [6.07, 6.45) is 0. The SMILES string of the molecule is COc1cc(S(=O)(=O)Nc2cccc(C(C)=O)c2)c(OC)cc1C. The van der Waals surface area contributed by atoms with Crippen molar-refractivity contribution in [1.82, 2.24) is 0 Å². The number of Topliss-reactive ketones (excluding diaryl/α,β-unsaturated/α-hetero) is 1. The molecule has 2 aromatic carbocycles. The summed E-state index contributed by atoms with van der Waals surface area (Å²) >= 11 is 0. The van der Waals surface area contributed by atoms with E-state index < -0.39 is 10.0 Å². The minimum Gasteiger partial charge on any atom is -0.496 e. The molecule has 2 rings (SSSR count). The number of benzene rings is 2. The lowest BCUT2D eigenvalue weighted by Gasteiger charge is -2.15. The van der Waals surface area contributed by atoms with E-state index in [0.29, 0.717) is 17.0 Å². The number of carbonyl (C=O) groups is 1. The second kappa shape index (κ2) is 6.92. The lowest BCUT2D eigenvalue weighted by atomic mass is 10.1. The Bertz CT molecular complexity index is 875. The predicted molar refractivity (Wildman–Crippen MR) is 91.5 cm³/mol. The number of anilines is 1. The van der Waals surface area contributed by atoms with Crippen molar-refractivity contribution in [3.63, 3.8) is 0 Å². The van der Waals surface area contributed by atoms with E-state index in [1.807, 2.05) is 0 Å². The van der Waals surface area contributed by atoms with Gasteiger partial charge in [0, 0.05) is 17.3 Å². The second-order valence-electron chi connectivity index (χ2n) is 5.22. The fourth-order valence-electron chi connectivity index (χ4n) is 2.24. The molecule has 6 nitrogen and oxygen atoms in total. The van der Waals surface area contributed by atoms with Crippen LogP contribution in [0.15, 0.2) is 41.3 Å². The first-order valence-electron chi connectivity index (χ1n) is 7.15. The van der Waals surface area contributed by atoms with Crippen LogP contribution in [-0.4, -0.2) is 28.4 Å². The van der Waals surface area contributed by atoms with Crippen molar-refractivity contribution in [3.8, 4) is 11.5 Å². The highest BCUT2D eigenvalue weighted by atomic mass is 32.2. The van der Waals surface area contributed by atoms with Crippen LogP contribution >= 0.6 is 0 Å². The van der Waals surface area contributed by atoms with Gasteiger partial charge in [-0.05, 0) is 37.6 Å². The van der Waals surface area contributed by atoms with E-state index in [9.17, 15) is 13.2 Å². The molecule has 0 aliphatic heterocycles. The van der Waals surface area contributed by atoms with Crippen molar-refractivity contribution in [2.24, 2.45) is 0 Å². The van der Waals surface area contributed by atoms with Crippen LogP contribution in [-0.2, 0) is 10.0 Å². The van der Waals surface area contributed by atoms with Crippen LogP contribution in [0, 0.1) is 6.92 Å². The molecule has 0 heterocycles. The molecule has 2 aromatic rings. The Morgan fingerprint density at radius 2 is 1.71 bits per heavy atom. The summed E-state index contributed by atoms with van der Waals surface area (Å²) < 4.78 is 38.3.